The van der Waals surface area contributed by atoms with Crippen LogP contribution in [0.3, 0.4) is 0 Å². The number of Topliss-reactive ketones (excluding diaryl/α,β-unsaturated/α-hetero) is 1. The summed E-state index contributed by atoms with van der Waals surface area (Å²) in [5.74, 6) is 1.14. The molecule has 0 aromatic carbocycles. The zero-order chi connectivity index (χ0) is 12.3. The first-order chi connectivity index (χ1) is 8.15. The van der Waals surface area contributed by atoms with E-state index in [0.29, 0.717) is 12.2 Å². The van der Waals surface area contributed by atoms with Crippen LogP contribution in [-0.2, 0) is 17.8 Å². The number of aryl methyl sites for hydroxylation is 1. The molecule has 0 saturated heterocycles. The third kappa shape index (κ3) is 2.56. The zero-order valence-electron chi connectivity index (χ0n) is 10.8. The van der Waals surface area contributed by atoms with Gasteiger partial charge in [-0.1, -0.05) is 26.2 Å². The van der Waals surface area contributed by atoms with E-state index in [4.69, 9.17) is 0 Å². The molecule has 0 N–H and O–H groups in total. The maximum atomic E-state index is 12.4. The molecule has 17 heavy (non-hydrogen) atoms. The van der Waals surface area contributed by atoms with Gasteiger partial charge in [-0.15, -0.1) is 0 Å². The van der Waals surface area contributed by atoms with Crippen molar-refractivity contribution in [2.24, 2.45) is 5.41 Å². The van der Waals surface area contributed by atoms with Crippen molar-refractivity contribution in [1.29, 1.82) is 0 Å². The first-order valence-electron chi connectivity index (χ1n) is 6.56. The number of hydrogen-bond donors (Lipinski definition) is 0. The van der Waals surface area contributed by atoms with Crippen molar-refractivity contribution in [2.45, 2.75) is 58.9 Å². The van der Waals surface area contributed by atoms with Crippen LogP contribution in [0.1, 0.15) is 51.8 Å². The molecule has 1 aromatic heterocycles. The fourth-order valence-corrected chi connectivity index (χ4v) is 2.66. The van der Waals surface area contributed by atoms with E-state index in [2.05, 4.69) is 17.0 Å². The Bertz CT molecular complexity index is 391. The Hall–Kier alpha value is -1.19. The third-order valence-electron chi connectivity index (χ3n) is 3.94. The quantitative estimate of drug-likeness (QED) is 0.805. The molecule has 1 aliphatic carbocycles. The summed E-state index contributed by atoms with van der Waals surface area (Å²) in [5.41, 5.74) is -0.122. The number of nitrogens with zero attached hydrogens (tertiary/aromatic N) is 3. The van der Waals surface area contributed by atoms with Crippen LogP contribution in [0.4, 0.5) is 0 Å². The normalized spacial score (nSPS) is 19.2. The zero-order valence-corrected chi connectivity index (χ0v) is 10.8. The summed E-state index contributed by atoms with van der Waals surface area (Å²) in [6.45, 7) is 4.91. The topological polar surface area (TPSA) is 47.8 Å². The van der Waals surface area contributed by atoms with Crippen LogP contribution >= 0.6 is 0 Å². The Kier molecular flexibility index (Phi) is 3.60. The van der Waals surface area contributed by atoms with Gasteiger partial charge >= 0.3 is 0 Å². The molecule has 0 spiro atoms. The molecule has 0 amide bonds. The van der Waals surface area contributed by atoms with Crippen molar-refractivity contribution in [3.8, 4) is 0 Å². The van der Waals surface area contributed by atoms with Gasteiger partial charge in [-0.05, 0) is 19.8 Å². The van der Waals surface area contributed by atoms with E-state index in [-0.39, 0.29) is 5.41 Å². The highest BCUT2D eigenvalue weighted by Gasteiger charge is 2.34. The maximum Gasteiger partial charge on any atom is 0.146 e. The molecular weight excluding hydrogens is 214 g/mol. The van der Waals surface area contributed by atoms with Gasteiger partial charge in [0.1, 0.15) is 17.9 Å². The van der Waals surface area contributed by atoms with Crippen molar-refractivity contribution in [2.75, 3.05) is 0 Å². The van der Waals surface area contributed by atoms with Gasteiger partial charge in [-0.2, -0.15) is 5.10 Å². The Morgan fingerprint density at radius 1 is 1.41 bits per heavy atom. The molecule has 2 rings (SSSR count). The smallest absolute Gasteiger partial charge is 0.146 e. The molecule has 1 heterocycles. The Balaban J connectivity index is 2.05. The lowest BCUT2D eigenvalue weighted by Gasteiger charge is -2.31. The second-order valence-corrected chi connectivity index (χ2v) is 5.21. The Morgan fingerprint density at radius 2 is 2.12 bits per heavy atom. The minimum absolute atomic E-state index is 0.122. The molecular formula is C13H21N3O. The second-order valence-electron chi connectivity index (χ2n) is 5.21. The van der Waals surface area contributed by atoms with Crippen LogP contribution < -0.4 is 0 Å². The maximum absolute atomic E-state index is 12.4. The summed E-state index contributed by atoms with van der Waals surface area (Å²) in [6.07, 6.45) is 7.68. The molecule has 0 atom stereocenters. The molecule has 4 heteroatoms. The van der Waals surface area contributed by atoms with Crippen LogP contribution in [0.2, 0.25) is 0 Å². The predicted molar refractivity (Wildman–Crippen MR) is 65.6 cm³/mol. The van der Waals surface area contributed by atoms with Crippen molar-refractivity contribution in [3.63, 3.8) is 0 Å². The van der Waals surface area contributed by atoms with Crippen molar-refractivity contribution < 1.29 is 4.79 Å². The molecule has 0 unspecified atom stereocenters. The highest BCUT2D eigenvalue weighted by Crippen LogP contribution is 2.37. The number of rotatable bonds is 4. The van der Waals surface area contributed by atoms with E-state index in [1.165, 1.54) is 25.6 Å². The molecule has 0 bridgehead atoms. The van der Waals surface area contributed by atoms with Crippen molar-refractivity contribution in [3.05, 3.63) is 12.2 Å². The van der Waals surface area contributed by atoms with Gasteiger partial charge in [0.25, 0.3) is 0 Å². The molecule has 0 aliphatic heterocycles. The summed E-state index contributed by atoms with van der Waals surface area (Å²) in [6, 6.07) is 0. The number of carbonyl (C=O) groups is 1. The van der Waals surface area contributed by atoms with Crippen LogP contribution in [0, 0.1) is 5.41 Å². The summed E-state index contributed by atoms with van der Waals surface area (Å²) in [5, 5.41) is 4.11. The van der Waals surface area contributed by atoms with Crippen LogP contribution in [0.25, 0.3) is 0 Å². The fraction of sp³-hybridized carbons (Fsp3) is 0.769. The van der Waals surface area contributed by atoms with Crippen molar-refractivity contribution >= 4 is 5.78 Å². The van der Waals surface area contributed by atoms with Gasteiger partial charge in [0.2, 0.25) is 0 Å². The van der Waals surface area contributed by atoms with E-state index in [1.807, 2.05) is 11.6 Å². The predicted octanol–water partition coefficient (Wildman–Crippen LogP) is 2.38. The molecule has 1 saturated carbocycles. The van der Waals surface area contributed by atoms with E-state index < -0.39 is 0 Å². The molecule has 1 fully saturated rings. The lowest BCUT2D eigenvalue weighted by molar-refractivity contribution is -0.129. The first-order valence-corrected chi connectivity index (χ1v) is 6.56. The van der Waals surface area contributed by atoms with Crippen LogP contribution in [-0.4, -0.2) is 20.5 Å². The van der Waals surface area contributed by atoms with Gasteiger partial charge in [-0.3, -0.25) is 4.79 Å². The average Bonchev–Trinajstić information content (AvgIpc) is 2.77. The minimum atomic E-state index is -0.122. The highest BCUT2D eigenvalue weighted by molar-refractivity contribution is 5.85. The average molecular weight is 235 g/mol. The van der Waals surface area contributed by atoms with Gasteiger partial charge in [0.05, 0.1) is 6.42 Å². The van der Waals surface area contributed by atoms with Gasteiger partial charge < -0.3 is 0 Å². The van der Waals surface area contributed by atoms with Gasteiger partial charge in [-0.25, -0.2) is 9.67 Å². The summed E-state index contributed by atoms with van der Waals surface area (Å²) in [4.78, 5) is 16.6. The van der Waals surface area contributed by atoms with E-state index in [0.717, 1.165) is 25.2 Å². The molecule has 1 aromatic rings. The summed E-state index contributed by atoms with van der Waals surface area (Å²) >= 11 is 0. The highest BCUT2D eigenvalue weighted by atomic mass is 16.1. The number of aromatic nitrogens is 3. The minimum Gasteiger partial charge on any atom is -0.299 e. The van der Waals surface area contributed by atoms with Crippen LogP contribution in [0.15, 0.2) is 6.33 Å². The molecule has 4 nitrogen and oxygen atoms in total. The Morgan fingerprint density at radius 3 is 2.76 bits per heavy atom. The van der Waals surface area contributed by atoms with Gasteiger partial charge in [0.15, 0.2) is 0 Å². The Labute approximate surface area is 102 Å². The number of carbonyl (C=O) groups excluding carboxylic acids is 1. The third-order valence-corrected chi connectivity index (χ3v) is 3.94. The standard InChI is InChI=1S/C13H21N3O/c1-3-16-12(14-10-15-16)9-11(17)13(2)7-5-4-6-8-13/h10H,3-9H2,1-2H3. The largest absolute Gasteiger partial charge is 0.299 e. The van der Waals surface area contributed by atoms with Crippen molar-refractivity contribution in [1.82, 2.24) is 14.8 Å². The molecule has 0 radical (unpaired) electrons. The van der Waals surface area contributed by atoms with E-state index in [1.54, 1.807) is 0 Å². The van der Waals surface area contributed by atoms with E-state index >= 15 is 0 Å². The first kappa shape index (κ1) is 12.3. The fourth-order valence-electron chi connectivity index (χ4n) is 2.66. The second kappa shape index (κ2) is 4.98. The monoisotopic (exact) mass is 235 g/mol. The van der Waals surface area contributed by atoms with Crippen LogP contribution in [0.5, 0.6) is 0 Å². The molecule has 1 aliphatic rings. The van der Waals surface area contributed by atoms with Gasteiger partial charge in [0, 0.05) is 12.0 Å². The summed E-state index contributed by atoms with van der Waals surface area (Å²) in [7, 11) is 0. The SMILES string of the molecule is CCn1ncnc1CC(=O)C1(C)CCCCC1. The summed E-state index contributed by atoms with van der Waals surface area (Å²) < 4.78 is 1.81. The molecule has 94 valence electrons. The van der Waals surface area contributed by atoms with E-state index in [9.17, 15) is 4.79 Å². The lowest BCUT2D eigenvalue weighted by atomic mass is 9.72. The lowest BCUT2D eigenvalue weighted by Crippen LogP contribution is -2.32. The number of hydrogen-bond acceptors (Lipinski definition) is 3. The number of ketones is 1.